The van der Waals surface area contributed by atoms with E-state index in [4.69, 9.17) is 0 Å². The molecule has 0 atom stereocenters. The van der Waals surface area contributed by atoms with Crippen LogP contribution in [0.1, 0.15) is 43.4 Å². The molecule has 0 amide bonds. The van der Waals surface area contributed by atoms with E-state index >= 15 is 0 Å². The standard InChI is InChI=1S/C14H15F4N/c1-10(13(15)7-3-2-4-8-13)11-5-6-12(19-9-11)14(16,17)18/h5-6,9H,1-4,7-8H2. The van der Waals surface area contributed by atoms with Gasteiger partial charge in [-0.3, -0.25) is 4.98 Å². The molecule has 104 valence electrons. The third-order valence-electron chi connectivity index (χ3n) is 3.59. The summed E-state index contributed by atoms with van der Waals surface area (Å²) in [6.07, 6.45) is -0.101. The average molecular weight is 273 g/mol. The minimum absolute atomic E-state index is 0.244. The van der Waals surface area contributed by atoms with Crippen molar-refractivity contribution in [2.45, 2.75) is 43.9 Å². The molecule has 1 fully saturated rings. The summed E-state index contributed by atoms with van der Waals surface area (Å²) >= 11 is 0. The molecular weight excluding hydrogens is 258 g/mol. The van der Waals surface area contributed by atoms with E-state index < -0.39 is 17.5 Å². The largest absolute Gasteiger partial charge is 0.433 e. The fraction of sp³-hybridized carbons (Fsp3) is 0.500. The van der Waals surface area contributed by atoms with Gasteiger partial charge in [0.05, 0.1) is 0 Å². The first-order chi connectivity index (χ1) is 8.83. The first-order valence-electron chi connectivity index (χ1n) is 6.25. The minimum Gasteiger partial charge on any atom is -0.251 e. The van der Waals surface area contributed by atoms with Crippen LogP contribution in [0.15, 0.2) is 24.9 Å². The summed E-state index contributed by atoms with van der Waals surface area (Å²) in [5.41, 5.74) is -1.88. The number of nitrogens with zero attached hydrogens (tertiary/aromatic N) is 1. The van der Waals surface area contributed by atoms with Gasteiger partial charge in [-0.15, -0.1) is 0 Å². The molecule has 2 rings (SSSR count). The van der Waals surface area contributed by atoms with Gasteiger partial charge in [0.15, 0.2) is 0 Å². The lowest BCUT2D eigenvalue weighted by molar-refractivity contribution is -0.141. The zero-order chi connectivity index (χ0) is 14.1. The summed E-state index contributed by atoms with van der Waals surface area (Å²) < 4.78 is 51.8. The molecule has 0 aromatic carbocycles. The maximum Gasteiger partial charge on any atom is 0.433 e. The molecule has 0 bridgehead atoms. The van der Waals surface area contributed by atoms with E-state index in [0.29, 0.717) is 18.4 Å². The first kappa shape index (κ1) is 14.0. The second kappa shape index (κ2) is 4.94. The summed E-state index contributed by atoms with van der Waals surface area (Å²) in [7, 11) is 0. The molecule has 1 heterocycles. The number of allylic oxidation sites excluding steroid dienone is 1. The van der Waals surface area contributed by atoms with Crippen LogP contribution in [0.25, 0.3) is 5.57 Å². The maximum atomic E-state index is 14.6. The molecule has 5 heteroatoms. The van der Waals surface area contributed by atoms with Gasteiger partial charge < -0.3 is 0 Å². The number of pyridine rings is 1. The van der Waals surface area contributed by atoms with Crippen molar-refractivity contribution in [1.82, 2.24) is 4.98 Å². The van der Waals surface area contributed by atoms with Crippen LogP contribution >= 0.6 is 0 Å². The van der Waals surface area contributed by atoms with Crippen LogP contribution in [0.5, 0.6) is 0 Å². The molecule has 0 aliphatic heterocycles. The lowest BCUT2D eigenvalue weighted by Gasteiger charge is -2.31. The molecule has 1 aromatic rings. The predicted octanol–water partition coefficient (Wildman–Crippen LogP) is 4.79. The molecule has 1 aromatic heterocycles. The Hall–Kier alpha value is -1.39. The van der Waals surface area contributed by atoms with Crippen LogP contribution in [-0.2, 0) is 6.18 Å². The van der Waals surface area contributed by atoms with Crippen molar-refractivity contribution in [1.29, 1.82) is 0 Å². The van der Waals surface area contributed by atoms with Gasteiger partial charge in [0.25, 0.3) is 0 Å². The third kappa shape index (κ3) is 2.96. The van der Waals surface area contributed by atoms with Crippen molar-refractivity contribution < 1.29 is 17.6 Å². The third-order valence-corrected chi connectivity index (χ3v) is 3.59. The Balaban J connectivity index is 2.20. The molecule has 0 N–H and O–H groups in total. The molecule has 1 aliphatic rings. The summed E-state index contributed by atoms with van der Waals surface area (Å²) in [5.74, 6) is 0. The van der Waals surface area contributed by atoms with Crippen LogP contribution in [0.2, 0.25) is 0 Å². The maximum absolute atomic E-state index is 14.6. The Kier molecular flexibility index (Phi) is 3.65. The molecule has 1 nitrogen and oxygen atoms in total. The van der Waals surface area contributed by atoms with Crippen LogP contribution in [0.4, 0.5) is 17.6 Å². The van der Waals surface area contributed by atoms with E-state index in [0.717, 1.165) is 31.5 Å². The normalized spacial score (nSPS) is 19.2. The average Bonchev–Trinajstić information content (AvgIpc) is 2.38. The molecule has 0 radical (unpaired) electrons. The van der Waals surface area contributed by atoms with Crippen LogP contribution in [-0.4, -0.2) is 10.7 Å². The van der Waals surface area contributed by atoms with Crippen molar-refractivity contribution in [2.75, 3.05) is 0 Å². The Morgan fingerprint density at radius 3 is 2.26 bits per heavy atom. The number of halogens is 4. The van der Waals surface area contributed by atoms with Gasteiger partial charge in [-0.1, -0.05) is 19.1 Å². The predicted molar refractivity (Wildman–Crippen MR) is 65.2 cm³/mol. The highest BCUT2D eigenvalue weighted by atomic mass is 19.4. The first-order valence-corrected chi connectivity index (χ1v) is 6.25. The monoisotopic (exact) mass is 273 g/mol. The van der Waals surface area contributed by atoms with Crippen LogP contribution in [0, 0.1) is 0 Å². The van der Waals surface area contributed by atoms with Gasteiger partial charge in [0.2, 0.25) is 0 Å². The van der Waals surface area contributed by atoms with Gasteiger partial charge in [-0.25, -0.2) is 4.39 Å². The molecule has 1 saturated carbocycles. The number of hydrogen-bond donors (Lipinski definition) is 0. The minimum atomic E-state index is -4.47. The Morgan fingerprint density at radius 1 is 1.16 bits per heavy atom. The van der Waals surface area contributed by atoms with E-state index in [9.17, 15) is 17.6 Å². The summed E-state index contributed by atoms with van der Waals surface area (Å²) in [6, 6.07) is 2.11. The molecule has 0 saturated heterocycles. The van der Waals surface area contributed by atoms with Gasteiger partial charge in [-0.2, -0.15) is 13.2 Å². The Labute approximate surface area is 109 Å². The molecular formula is C14H15F4N. The Bertz CT molecular complexity index is 455. The smallest absolute Gasteiger partial charge is 0.251 e. The lowest BCUT2D eigenvalue weighted by Crippen LogP contribution is -2.27. The van der Waals surface area contributed by atoms with E-state index in [2.05, 4.69) is 11.6 Å². The van der Waals surface area contributed by atoms with Gasteiger partial charge in [-0.05, 0) is 42.9 Å². The topological polar surface area (TPSA) is 12.9 Å². The van der Waals surface area contributed by atoms with Crippen molar-refractivity contribution >= 4 is 5.57 Å². The fourth-order valence-electron chi connectivity index (χ4n) is 2.41. The zero-order valence-corrected chi connectivity index (χ0v) is 10.4. The summed E-state index contributed by atoms with van der Waals surface area (Å²) in [4.78, 5) is 3.34. The molecule has 1 aliphatic carbocycles. The van der Waals surface area contributed by atoms with Gasteiger partial charge >= 0.3 is 6.18 Å². The van der Waals surface area contributed by atoms with Crippen molar-refractivity contribution in [3.8, 4) is 0 Å². The lowest BCUT2D eigenvalue weighted by atomic mass is 9.79. The second-order valence-corrected chi connectivity index (χ2v) is 4.93. The van der Waals surface area contributed by atoms with Gasteiger partial charge in [0, 0.05) is 6.20 Å². The van der Waals surface area contributed by atoms with Crippen molar-refractivity contribution in [3.63, 3.8) is 0 Å². The summed E-state index contributed by atoms with van der Waals surface area (Å²) in [5, 5.41) is 0. The highest BCUT2D eigenvalue weighted by Gasteiger charge is 2.36. The number of rotatable bonds is 2. The Morgan fingerprint density at radius 2 is 1.79 bits per heavy atom. The highest BCUT2D eigenvalue weighted by molar-refractivity contribution is 5.69. The molecule has 0 spiro atoms. The second-order valence-electron chi connectivity index (χ2n) is 4.93. The zero-order valence-electron chi connectivity index (χ0n) is 10.4. The van der Waals surface area contributed by atoms with E-state index in [1.807, 2.05) is 0 Å². The highest BCUT2D eigenvalue weighted by Crippen LogP contribution is 2.41. The van der Waals surface area contributed by atoms with E-state index in [-0.39, 0.29) is 5.57 Å². The number of aromatic nitrogens is 1. The number of alkyl halides is 4. The molecule has 0 unspecified atom stereocenters. The van der Waals surface area contributed by atoms with Gasteiger partial charge in [0.1, 0.15) is 11.4 Å². The SMILES string of the molecule is C=C(c1ccc(C(F)(F)F)nc1)C1(F)CCCCC1. The van der Waals surface area contributed by atoms with E-state index in [1.165, 1.54) is 6.07 Å². The van der Waals surface area contributed by atoms with Crippen LogP contribution in [0.3, 0.4) is 0 Å². The summed E-state index contributed by atoms with van der Waals surface area (Å²) in [6.45, 7) is 3.72. The number of hydrogen-bond acceptors (Lipinski definition) is 1. The fourth-order valence-corrected chi connectivity index (χ4v) is 2.41. The van der Waals surface area contributed by atoms with Crippen molar-refractivity contribution in [2.24, 2.45) is 0 Å². The quantitative estimate of drug-likeness (QED) is 0.706. The van der Waals surface area contributed by atoms with Crippen LogP contribution < -0.4 is 0 Å². The molecule has 19 heavy (non-hydrogen) atoms. The van der Waals surface area contributed by atoms with Crippen molar-refractivity contribution in [3.05, 3.63) is 36.2 Å². The van der Waals surface area contributed by atoms with E-state index in [1.54, 1.807) is 0 Å².